The van der Waals surface area contributed by atoms with Crippen molar-refractivity contribution in [3.63, 3.8) is 0 Å². The SMILES string of the molecule is CSCC[C@H](N)C(=O)N1CCN(CC2CCCO2)CC1. The molecule has 2 N–H and O–H groups in total. The van der Waals surface area contributed by atoms with Crippen LogP contribution in [-0.2, 0) is 9.53 Å². The average Bonchev–Trinajstić information content (AvgIpc) is 2.97. The van der Waals surface area contributed by atoms with Crippen LogP contribution in [0.1, 0.15) is 19.3 Å². The molecule has 2 aliphatic heterocycles. The first-order valence-electron chi connectivity index (χ1n) is 7.58. The number of hydrogen-bond acceptors (Lipinski definition) is 5. The van der Waals surface area contributed by atoms with Gasteiger partial charge in [-0.1, -0.05) is 0 Å². The molecule has 2 heterocycles. The van der Waals surface area contributed by atoms with Gasteiger partial charge in [0.25, 0.3) is 0 Å². The van der Waals surface area contributed by atoms with Crippen molar-refractivity contribution >= 4 is 17.7 Å². The third kappa shape index (κ3) is 4.62. The maximum absolute atomic E-state index is 12.2. The van der Waals surface area contributed by atoms with E-state index in [-0.39, 0.29) is 11.9 Å². The van der Waals surface area contributed by atoms with Crippen LogP contribution in [0.25, 0.3) is 0 Å². The topological polar surface area (TPSA) is 58.8 Å². The predicted octanol–water partition coefficient (Wildman–Crippen LogP) is 0.390. The zero-order chi connectivity index (χ0) is 14.4. The molecule has 1 unspecified atom stereocenters. The smallest absolute Gasteiger partial charge is 0.239 e. The van der Waals surface area contributed by atoms with E-state index in [4.69, 9.17) is 10.5 Å². The zero-order valence-electron chi connectivity index (χ0n) is 12.4. The lowest BCUT2D eigenvalue weighted by Crippen LogP contribution is -2.54. The number of rotatable bonds is 6. The Kier molecular flexibility index (Phi) is 6.61. The number of amides is 1. The Hall–Kier alpha value is -0.300. The van der Waals surface area contributed by atoms with E-state index in [9.17, 15) is 4.79 Å². The first-order chi connectivity index (χ1) is 9.70. The van der Waals surface area contributed by atoms with E-state index in [1.165, 1.54) is 12.8 Å². The van der Waals surface area contributed by atoms with Crippen LogP contribution >= 0.6 is 11.8 Å². The lowest BCUT2D eigenvalue weighted by molar-refractivity contribution is -0.134. The third-order valence-corrected chi connectivity index (χ3v) is 4.76. The van der Waals surface area contributed by atoms with Gasteiger partial charge in [-0.05, 0) is 31.3 Å². The van der Waals surface area contributed by atoms with Crippen molar-refractivity contribution in [3.8, 4) is 0 Å². The van der Waals surface area contributed by atoms with Crippen molar-refractivity contribution in [2.24, 2.45) is 5.73 Å². The number of piperazine rings is 1. The van der Waals surface area contributed by atoms with Gasteiger partial charge in [-0.3, -0.25) is 9.69 Å². The van der Waals surface area contributed by atoms with Crippen LogP contribution in [0.3, 0.4) is 0 Å². The summed E-state index contributed by atoms with van der Waals surface area (Å²) in [6, 6.07) is -0.327. The average molecular weight is 301 g/mol. The summed E-state index contributed by atoms with van der Waals surface area (Å²) in [5, 5.41) is 0. The molecule has 0 radical (unpaired) electrons. The molecular formula is C14H27N3O2S. The molecule has 0 aromatic rings. The molecule has 1 amide bonds. The molecule has 2 atom stereocenters. The van der Waals surface area contributed by atoms with Gasteiger partial charge in [0.2, 0.25) is 5.91 Å². The maximum atomic E-state index is 12.2. The van der Waals surface area contributed by atoms with Crippen molar-refractivity contribution in [1.29, 1.82) is 0 Å². The van der Waals surface area contributed by atoms with Crippen molar-refractivity contribution < 1.29 is 9.53 Å². The number of nitrogens with two attached hydrogens (primary N) is 1. The minimum Gasteiger partial charge on any atom is -0.377 e. The summed E-state index contributed by atoms with van der Waals surface area (Å²) in [7, 11) is 0. The first-order valence-corrected chi connectivity index (χ1v) is 8.97. The van der Waals surface area contributed by atoms with Crippen molar-refractivity contribution in [2.75, 3.05) is 51.3 Å². The molecule has 2 aliphatic rings. The van der Waals surface area contributed by atoms with E-state index >= 15 is 0 Å². The van der Waals surface area contributed by atoms with Gasteiger partial charge < -0.3 is 15.4 Å². The van der Waals surface area contributed by atoms with E-state index in [1.807, 2.05) is 11.2 Å². The molecule has 0 aromatic heterocycles. The number of carbonyl (C=O) groups excluding carboxylic acids is 1. The minimum atomic E-state index is -0.327. The van der Waals surface area contributed by atoms with Crippen LogP contribution in [0.2, 0.25) is 0 Å². The Labute approximate surface area is 126 Å². The summed E-state index contributed by atoms with van der Waals surface area (Å²) in [4.78, 5) is 16.5. The fourth-order valence-electron chi connectivity index (χ4n) is 2.83. The second-order valence-electron chi connectivity index (χ2n) is 5.65. The zero-order valence-corrected chi connectivity index (χ0v) is 13.2. The number of ether oxygens (including phenoxy) is 1. The molecule has 116 valence electrons. The van der Waals surface area contributed by atoms with E-state index < -0.39 is 0 Å². The fraction of sp³-hybridized carbons (Fsp3) is 0.929. The van der Waals surface area contributed by atoms with Crippen LogP contribution in [0.15, 0.2) is 0 Å². The van der Waals surface area contributed by atoms with Gasteiger partial charge in [-0.25, -0.2) is 0 Å². The van der Waals surface area contributed by atoms with Crippen LogP contribution in [0, 0.1) is 0 Å². The number of nitrogens with zero attached hydrogens (tertiary/aromatic N) is 2. The van der Waals surface area contributed by atoms with E-state index in [0.717, 1.165) is 51.5 Å². The Morgan fingerprint density at radius 1 is 1.40 bits per heavy atom. The maximum Gasteiger partial charge on any atom is 0.239 e. The van der Waals surface area contributed by atoms with Crippen molar-refractivity contribution in [3.05, 3.63) is 0 Å². The second kappa shape index (κ2) is 8.22. The van der Waals surface area contributed by atoms with E-state index in [0.29, 0.717) is 6.10 Å². The van der Waals surface area contributed by atoms with Crippen LogP contribution < -0.4 is 5.73 Å². The minimum absolute atomic E-state index is 0.121. The summed E-state index contributed by atoms with van der Waals surface area (Å²) >= 11 is 1.74. The fourth-order valence-corrected chi connectivity index (χ4v) is 3.32. The highest BCUT2D eigenvalue weighted by Gasteiger charge is 2.27. The largest absolute Gasteiger partial charge is 0.377 e. The summed E-state index contributed by atoms with van der Waals surface area (Å²) in [6.07, 6.45) is 5.59. The quantitative estimate of drug-likeness (QED) is 0.769. The Morgan fingerprint density at radius 2 is 2.15 bits per heavy atom. The second-order valence-corrected chi connectivity index (χ2v) is 6.63. The highest BCUT2D eigenvalue weighted by atomic mass is 32.2. The van der Waals surface area contributed by atoms with Gasteiger partial charge in [-0.2, -0.15) is 11.8 Å². The lowest BCUT2D eigenvalue weighted by atomic mass is 10.1. The highest BCUT2D eigenvalue weighted by molar-refractivity contribution is 7.98. The molecule has 0 aromatic carbocycles. The summed E-state index contributed by atoms with van der Waals surface area (Å²) < 4.78 is 5.67. The molecule has 0 bridgehead atoms. The van der Waals surface area contributed by atoms with Gasteiger partial charge in [0.1, 0.15) is 0 Å². The van der Waals surface area contributed by atoms with Crippen LogP contribution in [0.4, 0.5) is 0 Å². The molecular weight excluding hydrogens is 274 g/mol. The van der Waals surface area contributed by atoms with Crippen molar-refractivity contribution in [2.45, 2.75) is 31.4 Å². The summed E-state index contributed by atoms with van der Waals surface area (Å²) in [5.74, 6) is 1.07. The van der Waals surface area contributed by atoms with Crippen molar-refractivity contribution in [1.82, 2.24) is 9.80 Å². The molecule has 0 saturated carbocycles. The first kappa shape index (κ1) is 16.1. The summed E-state index contributed by atoms with van der Waals surface area (Å²) in [6.45, 7) is 5.42. The Morgan fingerprint density at radius 3 is 2.75 bits per heavy atom. The standard InChI is InChI=1S/C14H27N3O2S/c1-20-10-4-13(15)14(18)17-7-5-16(6-8-17)11-12-3-2-9-19-12/h12-13H,2-11,15H2,1H3/t12?,13-/m0/s1. The van der Waals surface area contributed by atoms with Crippen LogP contribution in [-0.4, -0.2) is 79.2 Å². The number of thioether (sulfide) groups is 1. The lowest BCUT2D eigenvalue weighted by Gasteiger charge is -2.36. The predicted molar refractivity (Wildman–Crippen MR) is 83.0 cm³/mol. The van der Waals surface area contributed by atoms with Gasteiger partial charge in [0, 0.05) is 39.3 Å². The Balaban J connectivity index is 1.68. The van der Waals surface area contributed by atoms with Gasteiger partial charge in [-0.15, -0.1) is 0 Å². The Bertz CT molecular complexity index is 303. The van der Waals surface area contributed by atoms with Gasteiger partial charge in [0.15, 0.2) is 0 Å². The van der Waals surface area contributed by atoms with E-state index in [1.54, 1.807) is 11.8 Å². The third-order valence-electron chi connectivity index (χ3n) is 4.12. The molecule has 0 aliphatic carbocycles. The molecule has 2 rings (SSSR count). The number of hydrogen-bond donors (Lipinski definition) is 1. The van der Waals surface area contributed by atoms with Gasteiger partial charge >= 0.3 is 0 Å². The normalized spacial score (nSPS) is 25.9. The molecule has 20 heavy (non-hydrogen) atoms. The monoisotopic (exact) mass is 301 g/mol. The molecule has 5 nitrogen and oxygen atoms in total. The molecule has 2 fully saturated rings. The highest BCUT2D eigenvalue weighted by Crippen LogP contribution is 2.15. The molecule has 2 saturated heterocycles. The molecule has 0 spiro atoms. The number of carbonyl (C=O) groups is 1. The van der Waals surface area contributed by atoms with Gasteiger partial charge in [0.05, 0.1) is 12.1 Å². The van der Waals surface area contributed by atoms with Crippen LogP contribution in [0.5, 0.6) is 0 Å². The van der Waals surface area contributed by atoms with E-state index in [2.05, 4.69) is 4.90 Å². The molecule has 6 heteroatoms. The summed E-state index contributed by atoms with van der Waals surface area (Å²) in [5.41, 5.74) is 5.96.